The highest BCUT2D eigenvalue weighted by atomic mass is 32.2. The molecule has 0 fully saturated rings. The Morgan fingerprint density at radius 3 is 2.34 bits per heavy atom. The summed E-state index contributed by atoms with van der Waals surface area (Å²) in [6, 6.07) is 14.7. The fourth-order valence-electron chi connectivity index (χ4n) is 4.09. The third-order valence-electron chi connectivity index (χ3n) is 5.89. The first-order chi connectivity index (χ1) is 15.3. The molecule has 32 heavy (non-hydrogen) atoms. The molecule has 162 valence electrons. The molecule has 5 rings (SSSR count). The first kappa shape index (κ1) is 20.5. The highest BCUT2D eigenvalue weighted by Gasteiger charge is 2.36. The Kier molecular flexibility index (Phi) is 4.86. The number of nitrogens with zero attached hydrogens (tertiary/aromatic N) is 2. The van der Waals surface area contributed by atoms with Crippen LogP contribution in [0.5, 0.6) is 0 Å². The van der Waals surface area contributed by atoms with Gasteiger partial charge in [0.15, 0.2) is 0 Å². The molecule has 1 N–H and O–H groups in total. The summed E-state index contributed by atoms with van der Waals surface area (Å²) in [6.07, 6.45) is 3.93. The quantitative estimate of drug-likeness (QED) is 0.651. The number of carbonyl (C=O) groups excluding carboxylic acids is 1. The van der Waals surface area contributed by atoms with Gasteiger partial charge in [0.25, 0.3) is 10.0 Å². The van der Waals surface area contributed by atoms with Gasteiger partial charge in [0, 0.05) is 24.8 Å². The van der Waals surface area contributed by atoms with Gasteiger partial charge in [-0.05, 0) is 49.6 Å². The van der Waals surface area contributed by atoms with Crippen molar-refractivity contribution in [1.29, 1.82) is 0 Å². The number of allylic oxidation sites excluding steroid dienone is 2. The molecule has 0 bridgehead atoms. The van der Waals surface area contributed by atoms with E-state index in [9.17, 15) is 13.2 Å². The Labute approximate surface area is 187 Å². The van der Waals surface area contributed by atoms with Gasteiger partial charge in [0.05, 0.1) is 16.3 Å². The van der Waals surface area contributed by atoms with Crippen molar-refractivity contribution in [3.05, 3.63) is 100 Å². The number of Topliss-reactive ketones (excluding diaryl/α,β-unsaturated/α-hetero) is 1. The Balaban J connectivity index is 1.55. The Bertz CT molecular complexity index is 1390. The molecule has 3 aromatic rings. The predicted molar refractivity (Wildman–Crippen MR) is 124 cm³/mol. The van der Waals surface area contributed by atoms with Crippen molar-refractivity contribution in [3.63, 3.8) is 0 Å². The third-order valence-corrected chi connectivity index (χ3v) is 7.57. The van der Waals surface area contributed by atoms with Crippen LogP contribution >= 0.6 is 0 Å². The summed E-state index contributed by atoms with van der Waals surface area (Å²) in [5.41, 5.74) is 5.80. The van der Waals surface area contributed by atoms with Crippen molar-refractivity contribution in [2.24, 2.45) is 4.99 Å². The van der Waals surface area contributed by atoms with E-state index < -0.39 is 10.0 Å². The van der Waals surface area contributed by atoms with Gasteiger partial charge in [-0.15, -0.1) is 0 Å². The lowest BCUT2D eigenvalue weighted by atomic mass is 9.92. The van der Waals surface area contributed by atoms with Crippen LogP contribution in [-0.2, 0) is 23.0 Å². The summed E-state index contributed by atoms with van der Waals surface area (Å²) in [4.78, 5) is 18.2. The maximum atomic E-state index is 13.5. The van der Waals surface area contributed by atoms with Gasteiger partial charge in [-0.3, -0.25) is 9.79 Å². The van der Waals surface area contributed by atoms with Crippen molar-refractivity contribution in [2.45, 2.75) is 31.7 Å². The van der Waals surface area contributed by atoms with E-state index in [1.165, 1.54) is 0 Å². The number of nitrogens with one attached hydrogen (secondary N) is 1. The number of benzene rings is 2. The van der Waals surface area contributed by atoms with E-state index >= 15 is 0 Å². The summed E-state index contributed by atoms with van der Waals surface area (Å²) >= 11 is 0. The Morgan fingerprint density at radius 1 is 1.00 bits per heavy atom. The first-order valence-corrected chi connectivity index (χ1v) is 12.0. The lowest BCUT2D eigenvalue weighted by Crippen LogP contribution is -2.30. The van der Waals surface area contributed by atoms with Crippen molar-refractivity contribution in [2.75, 3.05) is 6.54 Å². The first-order valence-electron chi connectivity index (χ1n) is 10.5. The lowest BCUT2D eigenvalue weighted by molar-refractivity contribution is 0.102. The minimum Gasteiger partial charge on any atom is -0.378 e. The molecule has 0 saturated heterocycles. The van der Waals surface area contributed by atoms with E-state index in [1.807, 2.05) is 38.1 Å². The number of hydrogen-bond donors (Lipinski definition) is 1. The topological polar surface area (TPSA) is 80.5 Å². The number of rotatable bonds is 5. The van der Waals surface area contributed by atoms with Crippen molar-refractivity contribution < 1.29 is 13.2 Å². The highest BCUT2D eigenvalue weighted by Crippen LogP contribution is 2.32. The molecular weight excluding hydrogens is 422 g/mol. The molecule has 2 aliphatic rings. The molecule has 0 amide bonds. The summed E-state index contributed by atoms with van der Waals surface area (Å²) in [7, 11) is -3.92. The second kappa shape index (κ2) is 7.60. The summed E-state index contributed by atoms with van der Waals surface area (Å²) in [5, 5.41) is 3.19. The zero-order valence-electron chi connectivity index (χ0n) is 17.9. The number of hydrogen-bond acceptors (Lipinski definition) is 5. The summed E-state index contributed by atoms with van der Waals surface area (Å²) in [5.74, 6) is -0.338. The van der Waals surface area contributed by atoms with Gasteiger partial charge in [0.2, 0.25) is 5.78 Å². The Hall–Kier alpha value is -3.45. The van der Waals surface area contributed by atoms with Gasteiger partial charge in [-0.25, -0.2) is 12.4 Å². The number of aliphatic imine (C=N–C) groups is 1. The molecule has 0 saturated carbocycles. The van der Waals surface area contributed by atoms with E-state index in [-0.39, 0.29) is 16.4 Å². The molecule has 7 heteroatoms. The molecule has 1 aromatic heterocycles. The van der Waals surface area contributed by atoms with Crippen LogP contribution in [0, 0.1) is 13.8 Å². The average molecular weight is 446 g/mol. The Morgan fingerprint density at radius 2 is 1.66 bits per heavy atom. The standard InChI is InChI=1S/C25H23N3O3S/c1-16-3-7-18(8-4-16)14-27-22-13-21-23-19(11-12-26-21)15-28(24(23)25(22)29)32(30,31)20-9-5-17(2)6-10-20/h3-10,13,15,27H,11-12,14H2,1-2H3. The van der Waals surface area contributed by atoms with E-state index in [4.69, 9.17) is 0 Å². The average Bonchev–Trinajstić information content (AvgIpc) is 3.19. The fourth-order valence-corrected chi connectivity index (χ4v) is 5.48. The van der Waals surface area contributed by atoms with Crippen molar-refractivity contribution in [1.82, 2.24) is 9.29 Å². The largest absolute Gasteiger partial charge is 0.378 e. The second-order valence-electron chi connectivity index (χ2n) is 8.24. The molecule has 2 aromatic carbocycles. The molecule has 6 nitrogen and oxygen atoms in total. The van der Waals surface area contributed by atoms with Crippen molar-refractivity contribution >= 4 is 21.5 Å². The smallest absolute Gasteiger partial charge is 0.268 e. The van der Waals surface area contributed by atoms with E-state index in [1.54, 1.807) is 36.5 Å². The van der Waals surface area contributed by atoms with Crippen LogP contribution in [0.25, 0.3) is 0 Å². The molecule has 1 aliphatic carbocycles. The lowest BCUT2D eigenvalue weighted by Gasteiger charge is -2.21. The summed E-state index contributed by atoms with van der Waals surface area (Å²) in [6.45, 7) is 4.94. The van der Waals surface area contributed by atoms with Crippen LogP contribution in [0.3, 0.4) is 0 Å². The molecule has 0 radical (unpaired) electrons. The fraction of sp³-hybridized carbons (Fsp3) is 0.200. The van der Waals surface area contributed by atoms with Gasteiger partial charge in [-0.2, -0.15) is 0 Å². The minimum absolute atomic E-state index is 0.154. The van der Waals surface area contributed by atoms with E-state index in [0.29, 0.717) is 36.5 Å². The van der Waals surface area contributed by atoms with Gasteiger partial charge >= 0.3 is 0 Å². The van der Waals surface area contributed by atoms with Gasteiger partial charge < -0.3 is 5.32 Å². The number of carbonyl (C=O) groups is 1. The molecule has 0 atom stereocenters. The monoisotopic (exact) mass is 445 g/mol. The van der Waals surface area contributed by atoms with Crippen LogP contribution in [0.15, 0.2) is 76.4 Å². The number of aromatic nitrogens is 1. The summed E-state index contributed by atoms with van der Waals surface area (Å²) < 4.78 is 28.1. The maximum Gasteiger partial charge on any atom is 0.268 e. The van der Waals surface area contributed by atoms with Crippen LogP contribution in [0.4, 0.5) is 0 Å². The predicted octanol–water partition coefficient (Wildman–Crippen LogP) is 3.56. The van der Waals surface area contributed by atoms with Crippen LogP contribution < -0.4 is 5.32 Å². The second-order valence-corrected chi connectivity index (χ2v) is 10.1. The maximum absolute atomic E-state index is 13.5. The molecule has 2 heterocycles. The zero-order valence-corrected chi connectivity index (χ0v) is 18.7. The normalized spacial score (nSPS) is 15.1. The van der Waals surface area contributed by atoms with Crippen molar-refractivity contribution in [3.8, 4) is 0 Å². The minimum atomic E-state index is -3.92. The molecule has 0 unspecified atom stereocenters. The third kappa shape index (κ3) is 3.39. The van der Waals surface area contributed by atoms with Crippen LogP contribution in [0.2, 0.25) is 0 Å². The number of ketones is 1. The van der Waals surface area contributed by atoms with Gasteiger partial charge in [-0.1, -0.05) is 47.5 Å². The van der Waals surface area contributed by atoms with Gasteiger partial charge in [0.1, 0.15) is 5.69 Å². The van der Waals surface area contributed by atoms with E-state index in [2.05, 4.69) is 10.3 Å². The van der Waals surface area contributed by atoms with E-state index in [0.717, 1.165) is 26.2 Å². The van der Waals surface area contributed by atoms with Crippen LogP contribution in [0.1, 0.15) is 38.3 Å². The van der Waals surface area contributed by atoms with Crippen LogP contribution in [-0.4, -0.2) is 30.4 Å². The molecule has 1 aliphatic heterocycles. The highest BCUT2D eigenvalue weighted by molar-refractivity contribution is 7.90. The SMILES string of the molecule is Cc1ccc(CNC2=CC3=NCCc4cn(S(=O)(=O)c5ccc(C)cc5)c(c43)C2=O)cc1. The molecule has 0 spiro atoms. The number of aryl methyl sites for hydroxylation is 2. The zero-order chi connectivity index (χ0) is 22.5. The molecular formula is C25H23N3O3S.